The van der Waals surface area contributed by atoms with Gasteiger partial charge in [-0.15, -0.1) is 0 Å². The third kappa shape index (κ3) is 5.45. The SMILES string of the molecule is CCN(CCOCCBr)c1cc(C)nc(C(C)C)n1. The average Bonchev–Trinajstić information content (AvgIpc) is 2.38. The van der Waals surface area contributed by atoms with Crippen molar-refractivity contribution in [1.29, 1.82) is 0 Å². The van der Waals surface area contributed by atoms with Crippen LogP contribution in [0.3, 0.4) is 0 Å². The van der Waals surface area contributed by atoms with Gasteiger partial charge in [-0.3, -0.25) is 0 Å². The minimum Gasteiger partial charge on any atom is -0.379 e. The monoisotopic (exact) mass is 329 g/mol. The summed E-state index contributed by atoms with van der Waals surface area (Å²) in [5.41, 5.74) is 1.02. The van der Waals surface area contributed by atoms with Crippen LogP contribution in [0.15, 0.2) is 6.07 Å². The summed E-state index contributed by atoms with van der Waals surface area (Å²) in [5, 5.41) is 0.878. The fraction of sp³-hybridized carbons (Fsp3) is 0.714. The normalized spacial score (nSPS) is 11.1. The van der Waals surface area contributed by atoms with E-state index in [0.29, 0.717) is 5.92 Å². The molecule has 1 aromatic heterocycles. The fourth-order valence-corrected chi connectivity index (χ4v) is 1.99. The Bertz CT molecular complexity index is 385. The van der Waals surface area contributed by atoms with E-state index in [1.54, 1.807) is 0 Å². The Labute approximate surface area is 124 Å². The molecule has 1 aromatic rings. The summed E-state index contributed by atoms with van der Waals surface area (Å²) in [6.45, 7) is 11.6. The van der Waals surface area contributed by atoms with Gasteiger partial charge >= 0.3 is 0 Å². The van der Waals surface area contributed by atoms with Gasteiger partial charge in [0.15, 0.2) is 0 Å². The van der Waals surface area contributed by atoms with Crippen molar-refractivity contribution in [1.82, 2.24) is 9.97 Å². The van der Waals surface area contributed by atoms with Crippen LogP contribution in [0.2, 0.25) is 0 Å². The summed E-state index contributed by atoms with van der Waals surface area (Å²) in [5.74, 6) is 2.26. The number of ether oxygens (including phenoxy) is 1. The largest absolute Gasteiger partial charge is 0.379 e. The molecule has 0 fully saturated rings. The summed E-state index contributed by atoms with van der Waals surface area (Å²) < 4.78 is 5.51. The van der Waals surface area contributed by atoms with Gasteiger partial charge < -0.3 is 9.64 Å². The molecule has 0 atom stereocenters. The van der Waals surface area contributed by atoms with Crippen LogP contribution < -0.4 is 4.90 Å². The van der Waals surface area contributed by atoms with E-state index in [9.17, 15) is 0 Å². The minimum atomic E-state index is 0.349. The summed E-state index contributed by atoms with van der Waals surface area (Å²) in [7, 11) is 0. The third-order valence-electron chi connectivity index (χ3n) is 2.81. The van der Waals surface area contributed by atoms with Gasteiger partial charge in [0, 0.05) is 36.1 Å². The highest BCUT2D eigenvalue weighted by molar-refractivity contribution is 9.09. The van der Waals surface area contributed by atoms with Crippen LogP contribution in [-0.2, 0) is 4.74 Å². The third-order valence-corrected chi connectivity index (χ3v) is 3.13. The molecular formula is C14H24BrN3O. The first-order chi connectivity index (χ1) is 9.08. The Morgan fingerprint density at radius 2 is 2.05 bits per heavy atom. The maximum Gasteiger partial charge on any atom is 0.133 e. The number of likely N-dealkylation sites (N-methyl/N-ethyl adjacent to an activating group) is 1. The lowest BCUT2D eigenvalue weighted by Gasteiger charge is -2.23. The van der Waals surface area contributed by atoms with Crippen LogP contribution in [0.25, 0.3) is 0 Å². The highest BCUT2D eigenvalue weighted by Gasteiger charge is 2.11. The molecule has 108 valence electrons. The van der Waals surface area contributed by atoms with Gasteiger partial charge in [0.1, 0.15) is 11.6 Å². The van der Waals surface area contributed by atoms with Crippen molar-refractivity contribution in [2.75, 3.05) is 36.5 Å². The smallest absolute Gasteiger partial charge is 0.133 e. The van der Waals surface area contributed by atoms with Gasteiger partial charge in [-0.05, 0) is 13.8 Å². The van der Waals surface area contributed by atoms with E-state index in [4.69, 9.17) is 4.74 Å². The zero-order chi connectivity index (χ0) is 14.3. The quantitative estimate of drug-likeness (QED) is 0.542. The number of nitrogens with zero attached hydrogens (tertiary/aromatic N) is 3. The number of halogens is 1. The molecule has 1 rings (SSSR count). The van der Waals surface area contributed by atoms with Crippen LogP contribution in [0.1, 0.15) is 38.2 Å². The van der Waals surface area contributed by atoms with Crippen LogP contribution >= 0.6 is 15.9 Å². The second-order valence-electron chi connectivity index (χ2n) is 4.76. The van der Waals surface area contributed by atoms with Crippen LogP contribution in [0, 0.1) is 6.92 Å². The fourth-order valence-electron chi connectivity index (χ4n) is 1.76. The number of alkyl halides is 1. The standard InChI is InChI=1S/C14H24BrN3O/c1-5-18(7-9-19-8-6-15)13-10-12(4)16-14(17-13)11(2)3/h10-11H,5-9H2,1-4H3. The lowest BCUT2D eigenvalue weighted by molar-refractivity contribution is 0.157. The predicted molar refractivity (Wildman–Crippen MR) is 83.4 cm³/mol. The number of aryl methyl sites for hydroxylation is 1. The molecule has 0 aliphatic rings. The van der Waals surface area contributed by atoms with Crippen molar-refractivity contribution in [2.24, 2.45) is 0 Å². The summed E-state index contributed by atoms with van der Waals surface area (Å²) in [6.07, 6.45) is 0. The molecule has 0 amide bonds. The number of hydrogen-bond donors (Lipinski definition) is 0. The number of rotatable bonds is 8. The first kappa shape index (κ1) is 16.4. The van der Waals surface area contributed by atoms with Crippen LogP contribution in [-0.4, -0.2) is 41.6 Å². The second-order valence-corrected chi connectivity index (χ2v) is 5.55. The zero-order valence-electron chi connectivity index (χ0n) is 12.3. The van der Waals surface area contributed by atoms with Gasteiger partial charge in [-0.1, -0.05) is 29.8 Å². The van der Waals surface area contributed by atoms with E-state index >= 15 is 0 Å². The molecule has 0 aromatic carbocycles. The first-order valence-electron chi connectivity index (χ1n) is 6.82. The van der Waals surface area contributed by atoms with Crippen molar-refractivity contribution in [3.8, 4) is 0 Å². The van der Waals surface area contributed by atoms with E-state index in [2.05, 4.69) is 51.6 Å². The molecule has 1 heterocycles. The Kier molecular flexibility index (Phi) is 7.31. The second kappa shape index (κ2) is 8.48. The van der Waals surface area contributed by atoms with E-state index in [1.165, 1.54) is 0 Å². The molecule has 0 saturated heterocycles. The lowest BCUT2D eigenvalue weighted by Crippen LogP contribution is -2.28. The first-order valence-corrected chi connectivity index (χ1v) is 7.94. The maximum absolute atomic E-state index is 5.51. The van der Waals surface area contributed by atoms with Crippen LogP contribution in [0.5, 0.6) is 0 Å². The van der Waals surface area contributed by atoms with Gasteiger partial charge in [0.25, 0.3) is 0 Å². The molecule has 0 spiro atoms. The van der Waals surface area contributed by atoms with Gasteiger partial charge in [0.2, 0.25) is 0 Å². The Morgan fingerprint density at radius 1 is 1.32 bits per heavy atom. The molecular weight excluding hydrogens is 306 g/mol. The highest BCUT2D eigenvalue weighted by atomic mass is 79.9. The van der Waals surface area contributed by atoms with Crippen LogP contribution in [0.4, 0.5) is 5.82 Å². The van der Waals surface area contributed by atoms with E-state index in [1.807, 2.05) is 13.0 Å². The van der Waals surface area contributed by atoms with E-state index < -0.39 is 0 Å². The number of anilines is 1. The number of aromatic nitrogens is 2. The molecule has 5 heteroatoms. The predicted octanol–water partition coefficient (Wildman–Crippen LogP) is 3.15. The molecule has 19 heavy (non-hydrogen) atoms. The highest BCUT2D eigenvalue weighted by Crippen LogP contribution is 2.16. The van der Waals surface area contributed by atoms with Gasteiger partial charge in [0.05, 0.1) is 13.2 Å². The minimum absolute atomic E-state index is 0.349. The van der Waals surface area contributed by atoms with Crippen molar-refractivity contribution in [3.05, 3.63) is 17.6 Å². The molecule has 0 N–H and O–H groups in total. The maximum atomic E-state index is 5.51. The molecule has 0 radical (unpaired) electrons. The topological polar surface area (TPSA) is 38.2 Å². The Morgan fingerprint density at radius 3 is 2.63 bits per heavy atom. The lowest BCUT2D eigenvalue weighted by atomic mass is 10.2. The average molecular weight is 330 g/mol. The summed E-state index contributed by atoms with van der Waals surface area (Å²) in [4.78, 5) is 11.4. The molecule has 0 bridgehead atoms. The summed E-state index contributed by atoms with van der Waals surface area (Å²) >= 11 is 3.35. The zero-order valence-corrected chi connectivity index (χ0v) is 13.9. The molecule has 0 aliphatic carbocycles. The van der Waals surface area contributed by atoms with Gasteiger partial charge in [-0.25, -0.2) is 9.97 Å². The van der Waals surface area contributed by atoms with Crippen molar-refractivity contribution >= 4 is 21.7 Å². The number of hydrogen-bond acceptors (Lipinski definition) is 4. The van der Waals surface area contributed by atoms with Crippen molar-refractivity contribution in [3.63, 3.8) is 0 Å². The van der Waals surface area contributed by atoms with Crippen molar-refractivity contribution in [2.45, 2.75) is 33.6 Å². The Balaban J connectivity index is 2.74. The molecule has 4 nitrogen and oxygen atoms in total. The molecule has 0 saturated carbocycles. The van der Waals surface area contributed by atoms with Crippen molar-refractivity contribution < 1.29 is 4.74 Å². The molecule has 0 unspecified atom stereocenters. The molecule has 0 aliphatic heterocycles. The van der Waals surface area contributed by atoms with Gasteiger partial charge in [-0.2, -0.15) is 0 Å². The van der Waals surface area contributed by atoms with E-state index in [0.717, 1.165) is 49.0 Å². The summed E-state index contributed by atoms with van der Waals surface area (Å²) in [6, 6.07) is 2.04. The Hall–Kier alpha value is -0.680. The van der Waals surface area contributed by atoms with E-state index in [-0.39, 0.29) is 0 Å².